The Labute approximate surface area is 219 Å². The summed E-state index contributed by atoms with van der Waals surface area (Å²) in [6, 6.07) is 0. The number of hydrogen-bond acceptors (Lipinski definition) is 6. The fraction of sp³-hybridized carbons (Fsp3) is 0.897. The molecule has 0 saturated carbocycles. The van der Waals surface area contributed by atoms with Crippen LogP contribution in [-0.4, -0.2) is 46.9 Å². The Morgan fingerprint density at radius 2 is 1.08 bits per heavy atom. The highest BCUT2D eigenvalue weighted by molar-refractivity contribution is 5.78. The van der Waals surface area contributed by atoms with Gasteiger partial charge in [-0.15, -0.1) is 0 Å². The summed E-state index contributed by atoms with van der Waals surface area (Å²) in [5, 5.41) is 19.1. The second kappa shape index (κ2) is 25.0. The minimum absolute atomic E-state index is 0.102. The molecule has 212 valence electrons. The molecule has 0 aromatic carbocycles. The van der Waals surface area contributed by atoms with Gasteiger partial charge >= 0.3 is 17.9 Å². The summed E-state index contributed by atoms with van der Waals surface area (Å²) in [6.07, 6.45) is 18.6. The molecule has 0 saturated heterocycles. The van der Waals surface area contributed by atoms with E-state index in [0.29, 0.717) is 19.3 Å². The number of aliphatic carboxylic acids is 1. The van der Waals surface area contributed by atoms with Crippen LogP contribution in [0.4, 0.5) is 0 Å². The van der Waals surface area contributed by atoms with Gasteiger partial charge in [0.2, 0.25) is 0 Å². The summed E-state index contributed by atoms with van der Waals surface area (Å²) < 4.78 is 10.0. The van der Waals surface area contributed by atoms with Crippen LogP contribution in [0.1, 0.15) is 149 Å². The van der Waals surface area contributed by atoms with Crippen molar-refractivity contribution >= 4 is 17.9 Å². The molecule has 2 N–H and O–H groups in total. The lowest BCUT2D eigenvalue weighted by Crippen LogP contribution is -2.27. The zero-order chi connectivity index (χ0) is 26.9. The standard InChI is InChI=1S/C29H54O7/c1-3-5-7-8-9-10-11-12-13-14-15-16-17-19-21-26(29(33)34)36-27(31)22-23-35-28(32)24-25(30)20-18-6-4-2/h25-26,30H,3-24H2,1-2H3,(H,33,34). The van der Waals surface area contributed by atoms with Crippen LogP contribution in [0.25, 0.3) is 0 Å². The largest absolute Gasteiger partial charge is 0.479 e. The van der Waals surface area contributed by atoms with E-state index in [-0.39, 0.29) is 19.4 Å². The number of rotatable bonds is 26. The van der Waals surface area contributed by atoms with E-state index >= 15 is 0 Å². The van der Waals surface area contributed by atoms with Crippen LogP contribution >= 0.6 is 0 Å². The molecule has 0 aromatic rings. The van der Waals surface area contributed by atoms with Crippen molar-refractivity contribution < 1.29 is 34.1 Å². The van der Waals surface area contributed by atoms with E-state index in [1.54, 1.807) is 0 Å². The highest BCUT2D eigenvalue weighted by atomic mass is 16.6. The minimum Gasteiger partial charge on any atom is -0.479 e. The average molecular weight is 515 g/mol. The van der Waals surface area contributed by atoms with Crippen LogP contribution in [0, 0.1) is 0 Å². The molecule has 0 heterocycles. The molecule has 0 aromatic heterocycles. The molecule has 0 bridgehead atoms. The Morgan fingerprint density at radius 1 is 0.639 bits per heavy atom. The monoisotopic (exact) mass is 514 g/mol. The number of unbranched alkanes of at least 4 members (excludes halogenated alkanes) is 15. The lowest BCUT2D eigenvalue weighted by molar-refractivity contribution is -0.166. The molecule has 7 nitrogen and oxygen atoms in total. The first-order valence-electron chi connectivity index (χ1n) is 14.7. The lowest BCUT2D eigenvalue weighted by atomic mass is 10.0. The van der Waals surface area contributed by atoms with Crippen LogP contribution in [0.5, 0.6) is 0 Å². The molecule has 2 unspecified atom stereocenters. The van der Waals surface area contributed by atoms with Crippen molar-refractivity contribution in [3.8, 4) is 0 Å². The maximum atomic E-state index is 12.0. The summed E-state index contributed by atoms with van der Waals surface area (Å²) in [5.74, 6) is -2.40. The molecule has 7 heteroatoms. The Morgan fingerprint density at radius 3 is 1.58 bits per heavy atom. The number of carboxylic acid groups (broad SMARTS) is 1. The van der Waals surface area contributed by atoms with E-state index in [4.69, 9.17) is 9.47 Å². The van der Waals surface area contributed by atoms with E-state index in [2.05, 4.69) is 13.8 Å². The van der Waals surface area contributed by atoms with Gasteiger partial charge in [0, 0.05) is 0 Å². The highest BCUT2D eigenvalue weighted by Gasteiger charge is 2.22. The summed E-state index contributed by atoms with van der Waals surface area (Å²) in [6.45, 7) is 4.13. The third-order valence-corrected chi connectivity index (χ3v) is 6.48. The van der Waals surface area contributed by atoms with Crippen LogP contribution in [0.3, 0.4) is 0 Å². The molecular weight excluding hydrogens is 460 g/mol. The van der Waals surface area contributed by atoms with E-state index < -0.39 is 30.1 Å². The molecule has 0 rings (SSSR count). The SMILES string of the molecule is CCCCCCCCCCCCCCCCC(OC(=O)CCOC(=O)CC(O)CCCCC)C(=O)O. The zero-order valence-corrected chi connectivity index (χ0v) is 23.1. The molecule has 2 atom stereocenters. The number of esters is 2. The predicted molar refractivity (Wildman–Crippen MR) is 143 cm³/mol. The number of carbonyl (C=O) groups excluding carboxylic acids is 2. The van der Waals surface area contributed by atoms with E-state index in [1.807, 2.05) is 0 Å². The average Bonchev–Trinajstić information content (AvgIpc) is 2.83. The maximum absolute atomic E-state index is 12.0. The maximum Gasteiger partial charge on any atom is 0.345 e. The number of aliphatic hydroxyl groups excluding tert-OH is 1. The number of aliphatic hydroxyl groups is 1. The quantitative estimate of drug-likeness (QED) is 0.0934. The van der Waals surface area contributed by atoms with Crippen LogP contribution in [0.15, 0.2) is 0 Å². The summed E-state index contributed by atoms with van der Waals surface area (Å²) in [4.78, 5) is 35.1. The van der Waals surface area contributed by atoms with Gasteiger partial charge in [-0.3, -0.25) is 9.59 Å². The Balaban J connectivity index is 3.76. The van der Waals surface area contributed by atoms with Gasteiger partial charge in [-0.2, -0.15) is 0 Å². The Bertz CT molecular complexity index is 550. The van der Waals surface area contributed by atoms with Gasteiger partial charge in [0.05, 0.1) is 18.9 Å². The number of carbonyl (C=O) groups is 3. The molecule has 0 spiro atoms. The molecule has 36 heavy (non-hydrogen) atoms. The normalized spacial score (nSPS) is 12.8. The van der Waals surface area contributed by atoms with E-state index in [0.717, 1.165) is 38.5 Å². The molecule has 0 amide bonds. The van der Waals surface area contributed by atoms with Gasteiger partial charge in [-0.25, -0.2) is 4.79 Å². The number of carboxylic acids is 1. The van der Waals surface area contributed by atoms with Gasteiger partial charge in [0.15, 0.2) is 6.10 Å². The fourth-order valence-electron chi connectivity index (χ4n) is 4.21. The van der Waals surface area contributed by atoms with Crippen LogP contribution in [0.2, 0.25) is 0 Å². The van der Waals surface area contributed by atoms with Crippen molar-refractivity contribution in [2.75, 3.05) is 6.61 Å². The molecule has 0 aliphatic rings. The second-order valence-electron chi connectivity index (χ2n) is 10.0. The van der Waals surface area contributed by atoms with Gasteiger partial charge in [0.1, 0.15) is 6.61 Å². The first-order chi connectivity index (χ1) is 17.4. The van der Waals surface area contributed by atoms with E-state index in [9.17, 15) is 24.6 Å². The van der Waals surface area contributed by atoms with Crippen molar-refractivity contribution in [1.82, 2.24) is 0 Å². The fourth-order valence-corrected chi connectivity index (χ4v) is 4.21. The Kier molecular flexibility index (Phi) is 23.9. The predicted octanol–water partition coefficient (Wildman–Crippen LogP) is 7.12. The first-order valence-corrected chi connectivity index (χ1v) is 14.7. The van der Waals surface area contributed by atoms with E-state index in [1.165, 1.54) is 64.2 Å². The molecule has 0 aliphatic carbocycles. The molecule has 0 aliphatic heterocycles. The van der Waals surface area contributed by atoms with Gasteiger partial charge in [-0.1, -0.05) is 117 Å². The summed E-state index contributed by atoms with van der Waals surface area (Å²) in [5.41, 5.74) is 0. The zero-order valence-electron chi connectivity index (χ0n) is 23.1. The number of hydrogen-bond donors (Lipinski definition) is 2. The number of ether oxygens (including phenoxy) is 2. The topological polar surface area (TPSA) is 110 Å². The van der Waals surface area contributed by atoms with Crippen molar-refractivity contribution in [2.45, 2.75) is 161 Å². The van der Waals surface area contributed by atoms with Gasteiger partial charge < -0.3 is 19.7 Å². The van der Waals surface area contributed by atoms with Gasteiger partial charge in [-0.05, 0) is 19.3 Å². The minimum atomic E-state index is -1.16. The summed E-state index contributed by atoms with van der Waals surface area (Å²) in [7, 11) is 0. The second-order valence-corrected chi connectivity index (χ2v) is 10.0. The first kappa shape index (κ1) is 34.4. The summed E-state index contributed by atoms with van der Waals surface area (Å²) >= 11 is 0. The highest BCUT2D eigenvalue weighted by Crippen LogP contribution is 2.15. The van der Waals surface area contributed by atoms with Crippen molar-refractivity contribution in [2.24, 2.45) is 0 Å². The Hall–Kier alpha value is -1.63. The van der Waals surface area contributed by atoms with Gasteiger partial charge in [0.25, 0.3) is 0 Å². The smallest absolute Gasteiger partial charge is 0.345 e. The third kappa shape index (κ3) is 22.8. The molecule has 0 fully saturated rings. The van der Waals surface area contributed by atoms with Crippen molar-refractivity contribution in [3.63, 3.8) is 0 Å². The van der Waals surface area contributed by atoms with Crippen molar-refractivity contribution in [1.29, 1.82) is 0 Å². The molecular formula is C29H54O7. The van der Waals surface area contributed by atoms with Crippen molar-refractivity contribution in [3.05, 3.63) is 0 Å². The van der Waals surface area contributed by atoms with Crippen LogP contribution < -0.4 is 0 Å². The molecule has 0 radical (unpaired) electrons. The lowest BCUT2D eigenvalue weighted by Gasteiger charge is -2.14. The third-order valence-electron chi connectivity index (χ3n) is 6.48. The van der Waals surface area contributed by atoms with Crippen LogP contribution in [-0.2, 0) is 23.9 Å².